The van der Waals surface area contributed by atoms with Gasteiger partial charge in [-0.1, -0.05) is 19.1 Å². The highest BCUT2D eigenvalue weighted by molar-refractivity contribution is 5.32. The zero-order chi connectivity index (χ0) is 14.4. The molecule has 5 nitrogen and oxygen atoms in total. The number of nitro benzene ring substituents is 1. The normalized spacial score (nSPS) is 10.7. The molecule has 0 radical (unpaired) electrons. The van der Waals surface area contributed by atoms with Crippen LogP contribution in [0.25, 0.3) is 0 Å². The van der Waals surface area contributed by atoms with Gasteiger partial charge in [0.2, 0.25) is 0 Å². The standard InChI is InChI=1S/C15H19N3O2/c1-2-16-11-14-8-10-17(12-14)9-7-13-3-5-15(6-4-13)18(19)20/h3-6,8,10,12,16H,2,7,9,11H2,1H3. The highest BCUT2D eigenvalue weighted by atomic mass is 16.6. The first-order valence-corrected chi connectivity index (χ1v) is 6.77. The Kier molecular flexibility index (Phi) is 4.90. The molecule has 0 atom stereocenters. The summed E-state index contributed by atoms with van der Waals surface area (Å²) in [6, 6.07) is 8.87. The van der Waals surface area contributed by atoms with E-state index in [9.17, 15) is 10.1 Å². The lowest BCUT2D eigenvalue weighted by atomic mass is 10.1. The predicted molar refractivity (Wildman–Crippen MR) is 78.6 cm³/mol. The van der Waals surface area contributed by atoms with Crippen LogP contribution in [0, 0.1) is 10.1 Å². The molecule has 0 unspecified atom stereocenters. The summed E-state index contributed by atoms with van der Waals surface area (Å²) in [5, 5.41) is 13.9. The number of non-ortho nitro benzene ring substituents is 1. The summed E-state index contributed by atoms with van der Waals surface area (Å²) in [5.74, 6) is 0. The van der Waals surface area contributed by atoms with Crippen molar-refractivity contribution in [1.82, 2.24) is 9.88 Å². The average Bonchev–Trinajstić information content (AvgIpc) is 2.91. The van der Waals surface area contributed by atoms with Crippen LogP contribution in [0.15, 0.2) is 42.7 Å². The fraction of sp³-hybridized carbons (Fsp3) is 0.333. The Morgan fingerprint density at radius 3 is 2.60 bits per heavy atom. The number of nitrogens with zero attached hydrogens (tertiary/aromatic N) is 2. The van der Waals surface area contributed by atoms with E-state index in [-0.39, 0.29) is 10.6 Å². The third kappa shape index (κ3) is 3.93. The SMILES string of the molecule is CCNCc1ccn(CCc2ccc([N+](=O)[O-])cc2)c1. The van der Waals surface area contributed by atoms with E-state index in [1.807, 2.05) is 12.1 Å². The quantitative estimate of drug-likeness (QED) is 0.623. The number of hydrogen-bond donors (Lipinski definition) is 1. The number of nitrogens with one attached hydrogen (secondary N) is 1. The van der Waals surface area contributed by atoms with Gasteiger partial charge in [-0.25, -0.2) is 0 Å². The van der Waals surface area contributed by atoms with Crippen molar-refractivity contribution in [2.45, 2.75) is 26.4 Å². The lowest BCUT2D eigenvalue weighted by molar-refractivity contribution is -0.384. The highest BCUT2D eigenvalue weighted by Gasteiger charge is 2.04. The van der Waals surface area contributed by atoms with Crippen molar-refractivity contribution in [3.63, 3.8) is 0 Å². The van der Waals surface area contributed by atoms with Crippen LogP contribution < -0.4 is 5.32 Å². The Morgan fingerprint density at radius 2 is 1.95 bits per heavy atom. The van der Waals surface area contributed by atoms with Crippen LogP contribution in [0.4, 0.5) is 5.69 Å². The molecule has 0 aliphatic rings. The van der Waals surface area contributed by atoms with Crippen molar-refractivity contribution in [1.29, 1.82) is 0 Å². The molecule has 1 aromatic carbocycles. The highest BCUT2D eigenvalue weighted by Crippen LogP contribution is 2.13. The summed E-state index contributed by atoms with van der Waals surface area (Å²) in [5.41, 5.74) is 2.52. The minimum Gasteiger partial charge on any atom is -0.354 e. The van der Waals surface area contributed by atoms with E-state index in [2.05, 4.69) is 35.3 Å². The number of aryl methyl sites for hydroxylation is 2. The fourth-order valence-corrected chi connectivity index (χ4v) is 2.05. The van der Waals surface area contributed by atoms with E-state index in [4.69, 9.17) is 0 Å². The van der Waals surface area contributed by atoms with Crippen molar-refractivity contribution >= 4 is 5.69 Å². The van der Waals surface area contributed by atoms with Crippen LogP contribution in [0.5, 0.6) is 0 Å². The largest absolute Gasteiger partial charge is 0.354 e. The summed E-state index contributed by atoms with van der Waals surface area (Å²) in [6.45, 7) is 4.82. The first kappa shape index (κ1) is 14.3. The number of rotatable bonds is 7. The Balaban J connectivity index is 1.88. The van der Waals surface area contributed by atoms with Gasteiger partial charge in [0, 0.05) is 37.6 Å². The van der Waals surface area contributed by atoms with Crippen LogP contribution in [0.2, 0.25) is 0 Å². The van der Waals surface area contributed by atoms with Gasteiger partial charge in [-0.3, -0.25) is 10.1 Å². The lowest BCUT2D eigenvalue weighted by Gasteiger charge is -2.03. The Labute approximate surface area is 118 Å². The minimum absolute atomic E-state index is 0.141. The minimum atomic E-state index is -0.372. The third-order valence-electron chi connectivity index (χ3n) is 3.20. The number of benzene rings is 1. The monoisotopic (exact) mass is 273 g/mol. The number of nitro groups is 1. The van der Waals surface area contributed by atoms with Gasteiger partial charge in [-0.05, 0) is 30.2 Å². The van der Waals surface area contributed by atoms with Crippen molar-refractivity contribution < 1.29 is 4.92 Å². The summed E-state index contributed by atoms with van der Waals surface area (Å²) in [6.07, 6.45) is 5.07. The molecule has 0 aliphatic carbocycles. The van der Waals surface area contributed by atoms with Gasteiger partial charge in [0.15, 0.2) is 0 Å². The van der Waals surface area contributed by atoms with E-state index in [0.29, 0.717) is 0 Å². The second-order valence-electron chi connectivity index (χ2n) is 4.71. The van der Waals surface area contributed by atoms with Crippen molar-refractivity contribution in [3.05, 3.63) is 64.0 Å². The molecule has 5 heteroatoms. The molecular weight excluding hydrogens is 254 g/mol. The molecule has 0 bridgehead atoms. The van der Waals surface area contributed by atoms with Gasteiger partial charge in [0.25, 0.3) is 5.69 Å². The smallest absolute Gasteiger partial charge is 0.269 e. The Bertz CT molecular complexity index is 561. The van der Waals surface area contributed by atoms with E-state index in [0.717, 1.165) is 31.6 Å². The van der Waals surface area contributed by atoms with E-state index in [1.54, 1.807) is 12.1 Å². The second-order valence-corrected chi connectivity index (χ2v) is 4.71. The zero-order valence-electron chi connectivity index (χ0n) is 11.6. The maximum Gasteiger partial charge on any atom is 0.269 e. The molecule has 2 aromatic rings. The van der Waals surface area contributed by atoms with Crippen LogP contribution in [0.1, 0.15) is 18.1 Å². The first-order chi connectivity index (χ1) is 9.69. The molecule has 20 heavy (non-hydrogen) atoms. The molecule has 1 aromatic heterocycles. The molecule has 0 amide bonds. The van der Waals surface area contributed by atoms with Gasteiger partial charge in [0.1, 0.15) is 0 Å². The zero-order valence-corrected chi connectivity index (χ0v) is 11.6. The molecule has 0 saturated carbocycles. The number of hydrogen-bond acceptors (Lipinski definition) is 3. The lowest BCUT2D eigenvalue weighted by Crippen LogP contribution is -2.11. The molecule has 0 saturated heterocycles. The predicted octanol–water partition coefficient (Wildman–Crippen LogP) is 2.75. The van der Waals surface area contributed by atoms with Crippen molar-refractivity contribution in [2.24, 2.45) is 0 Å². The number of aromatic nitrogens is 1. The molecular formula is C15H19N3O2. The molecule has 1 N–H and O–H groups in total. The summed E-state index contributed by atoms with van der Waals surface area (Å²) < 4.78 is 2.15. The molecule has 0 fully saturated rings. The fourth-order valence-electron chi connectivity index (χ4n) is 2.05. The Morgan fingerprint density at radius 1 is 1.20 bits per heavy atom. The van der Waals surface area contributed by atoms with Crippen molar-refractivity contribution in [2.75, 3.05) is 6.54 Å². The van der Waals surface area contributed by atoms with E-state index < -0.39 is 0 Å². The molecule has 0 aliphatic heterocycles. The van der Waals surface area contributed by atoms with Gasteiger partial charge < -0.3 is 9.88 Å². The molecule has 106 valence electrons. The molecule has 1 heterocycles. The second kappa shape index (κ2) is 6.86. The van der Waals surface area contributed by atoms with Gasteiger partial charge in [-0.2, -0.15) is 0 Å². The van der Waals surface area contributed by atoms with Gasteiger partial charge in [-0.15, -0.1) is 0 Å². The van der Waals surface area contributed by atoms with Gasteiger partial charge in [0.05, 0.1) is 4.92 Å². The maximum atomic E-state index is 10.6. The molecule has 2 rings (SSSR count). The van der Waals surface area contributed by atoms with Crippen LogP contribution in [-0.2, 0) is 19.5 Å². The van der Waals surface area contributed by atoms with Gasteiger partial charge >= 0.3 is 0 Å². The topological polar surface area (TPSA) is 60.1 Å². The van der Waals surface area contributed by atoms with Crippen LogP contribution >= 0.6 is 0 Å². The van der Waals surface area contributed by atoms with Crippen LogP contribution in [-0.4, -0.2) is 16.0 Å². The van der Waals surface area contributed by atoms with Crippen LogP contribution in [0.3, 0.4) is 0 Å². The van der Waals surface area contributed by atoms with E-state index in [1.165, 1.54) is 5.56 Å². The summed E-state index contributed by atoms with van der Waals surface area (Å²) >= 11 is 0. The van der Waals surface area contributed by atoms with E-state index >= 15 is 0 Å². The first-order valence-electron chi connectivity index (χ1n) is 6.77. The summed E-state index contributed by atoms with van der Waals surface area (Å²) in [7, 11) is 0. The molecule has 0 spiro atoms. The summed E-state index contributed by atoms with van der Waals surface area (Å²) in [4.78, 5) is 10.2. The average molecular weight is 273 g/mol. The Hall–Kier alpha value is -2.14. The third-order valence-corrected chi connectivity index (χ3v) is 3.20. The van der Waals surface area contributed by atoms with Crippen molar-refractivity contribution in [3.8, 4) is 0 Å². The maximum absolute atomic E-state index is 10.6.